The summed E-state index contributed by atoms with van der Waals surface area (Å²) in [5.74, 6) is 1.87. The zero-order valence-corrected chi connectivity index (χ0v) is 26.0. The fourth-order valence-corrected chi connectivity index (χ4v) is 8.91. The molecule has 4 aromatic carbocycles. The fraction of sp³-hybridized carbons (Fsp3) is 0.140. The maximum atomic E-state index is 7.19. The second-order valence-corrected chi connectivity index (χ2v) is 13.6. The van der Waals surface area contributed by atoms with Crippen molar-refractivity contribution in [1.82, 2.24) is 9.55 Å². The Morgan fingerprint density at radius 2 is 1.66 bits per heavy atom. The van der Waals surface area contributed by atoms with Gasteiger partial charge in [0.2, 0.25) is 0 Å². The molecule has 0 bridgehead atoms. The number of hydrogen-bond donors (Lipinski definition) is 0. The molecule has 3 unspecified atom stereocenters. The summed E-state index contributed by atoms with van der Waals surface area (Å²) < 4.78 is 9.51. The van der Waals surface area contributed by atoms with E-state index in [4.69, 9.17) is 9.40 Å². The molecule has 4 aliphatic rings. The summed E-state index contributed by atoms with van der Waals surface area (Å²) in [6.07, 6.45) is 11.2. The summed E-state index contributed by atoms with van der Waals surface area (Å²) in [6, 6.07) is 39.4. The van der Waals surface area contributed by atoms with Crippen LogP contribution in [0.5, 0.6) is 0 Å². The summed E-state index contributed by atoms with van der Waals surface area (Å²) in [5.41, 5.74) is 11.6. The van der Waals surface area contributed by atoms with Crippen LogP contribution in [-0.4, -0.2) is 15.1 Å². The minimum Gasteiger partial charge on any atom is -0.455 e. The van der Waals surface area contributed by atoms with Gasteiger partial charge < -0.3 is 9.32 Å². The van der Waals surface area contributed by atoms with Crippen molar-refractivity contribution in [2.45, 2.75) is 25.3 Å². The number of allylic oxidation sites excluding steroid dienone is 4. The lowest BCUT2D eigenvalue weighted by molar-refractivity contribution is 0.567. The van der Waals surface area contributed by atoms with Crippen molar-refractivity contribution in [3.63, 3.8) is 0 Å². The molecular formula is C43H31N3O. The van der Waals surface area contributed by atoms with E-state index in [0.717, 1.165) is 51.8 Å². The molecule has 1 fully saturated rings. The molecule has 3 atom stereocenters. The van der Waals surface area contributed by atoms with Crippen LogP contribution < -0.4 is 15.5 Å². The van der Waals surface area contributed by atoms with Crippen molar-refractivity contribution >= 4 is 61.4 Å². The van der Waals surface area contributed by atoms with Crippen LogP contribution in [-0.2, 0) is 0 Å². The lowest BCUT2D eigenvalue weighted by atomic mass is 9.94. The maximum absolute atomic E-state index is 7.19. The molecule has 11 rings (SSSR count). The van der Waals surface area contributed by atoms with Gasteiger partial charge in [-0.25, -0.2) is 4.98 Å². The topological polar surface area (TPSA) is 34.2 Å². The van der Waals surface area contributed by atoms with Gasteiger partial charge in [0.25, 0.3) is 0 Å². The third kappa shape index (κ3) is 3.30. The number of pyridine rings is 1. The molecule has 0 amide bonds. The van der Waals surface area contributed by atoms with Crippen LogP contribution in [0.1, 0.15) is 31.0 Å². The number of rotatable bonds is 3. The lowest BCUT2D eigenvalue weighted by Crippen LogP contribution is -2.39. The Labute approximate surface area is 271 Å². The average molecular weight is 606 g/mol. The number of hydrogen-bond acceptors (Lipinski definition) is 3. The molecule has 3 aliphatic carbocycles. The van der Waals surface area contributed by atoms with Gasteiger partial charge in [0, 0.05) is 44.4 Å². The third-order valence-corrected chi connectivity index (χ3v) is 10.9. The van der Waals surface area contributed by atoms with Crippen molar-refractivity contribution in [3.8, 4) is 5.82 Å². The Kier molecular flexibility index (Phi) is 4.90. The quantitative estimate of drug-likeness (QED) is 0.202. The van der Waals surface area contributed by atoms with Gasteiger partial charge in [-0.05, 0) is 72.9 Å². The van der Waals surface area contributed by atoms with E-state index < -0.39 is 0 Å². The molecule has 0 radical (unpaired) electrons. The Bertz CT molecular complexity index is 2670. The zero-order valence-electron chi connectivity index (χ0n) is 26.0. The van der Waals surface area contributed by atoms with Crippen LogP contribution in [0.2, 0.25) is 0 Å². The minimum atomic E-state index is -0.107. The van der Waals surface area contributed by atoms with Gasteiger partial charge in [-0.2, -0.15) is 0 Å². The second-order valence-electron chi connectivity index (χ2n) is 13.6. The van der Waals surface area contributed by atoms with Crippen LogP contribution in [0.4, 0.5) is 11.4 Å². The number of nitrogens with zero attached hydrogens (tertiary/aromatic N) is 3. The molecule has 7 aromatic rings. The predicted octanol–water partition coefficient (Wildman–Crippen LogP) is 8.81. The maximum Gasteiger partial charge on any atom is 0.145 e. The number of fused-ring (bicyclic) bond motifs is 9. The highest BCUT2D eigenvalue weighted by atomic mass is 16.3. The molecule has 1 aliphatic heterocycles. The first kappa shape index (κ1) is 25.6. The molecule has 224 valence electrons. The fourth-order valence-electron chi connectivity index (χ4n) is 8.91. The highest BCUT2D eigenvalue weighted by Crippen LogP contribution is 2.66. The number of para-hydroxylation sites is 3. The molecule has 3 aromatic heterocycles. The third-order valence-electron chi connectivity index (χ3n) is 10.9. The first-order valence-corrected chi connectivity index (χ1v) is 16.7. The molecule has 1 spiro atoms. The largest absolute Gasteiger partial charge is 0.455 e. The van der Waals surface area contributed by atoms with Gasteiger partial charge in [0.05, 0.1) is 27.7 Å². The van der Waals surface area contributed by atoms with E-state index in [-0.39, 0.29) is 5.54 Å². The lowest BCUT2D eigenvalue weighted by Gasteiger charge is -2.29. The van der Waals surface area contributed by atoms with E-state index in [9.17, 15) is 0 Å². The van der Waals surface area contributed by atoms with Gasteiger partial charge in [0.1, 0.15) is 16.8 Å². The second kappa shape index (κ2) is 9.01. The van der Waals surface area contributed by atoms with Crippen molar-refractivity contribution in [2.75, 3.05) is 4.90 Å². The summed E-state index contributed by atoms with van der Waals surface area (Å²) >= 11 is 0. The van der Waals surface area contributed by atoms with Crippen LogP contribution in [0.15, 0.2) is 132 Å². The summed E-state index contributed by atoms with van der Waals surface area (Å²) in [6.45, 7) is 2.26. The number of anilines is 2. The highest BCUT2D eigenvalue weighted by Gasteiger charge is 2.66. The smallest absolute Gasteiger partial charge is 0.145 e. The van der Waals surface area contributed by atoms with Crippen LogP contribution in [0.3, 0.4) is 0 Å². The Balaban J connectivity index is 1.19. The summed E-state index contributed by atoms with van der Waals surface area (Å²) in [4.78, 5) is 7.83. The first-order chi connectivity index (χ1) is 23.2. The molecular weight excluding hydrogens is 574 g/mol. The summed E-state index contributed by atoms with van der Waals surface area (Å²) in [7, 11) is 0. The van der Waals surface area contributed by atoms with Gasteiger partial charge in [-0.15, -0.1) is 0 Å². The normalized spacial score (nSPS) is 22.2. The van der Waals surface area contributed by atoms with E-state index in [2.05, 4.69) is 150 Å². The van der Waals surface area contributed by atoms with Crippen LogP contribution >= 0.6 is 0 Å². The van der Waals surface area contributed by atoms with E-state index in [1.54, 1.807) is 0 Å². The molecule has 4 nitrogen and oxygen atoms in total. The molecule has 4 heteroatoms. The monoisotopic (exact) mass is 605 g/mol. The van der Waals surface area contributed by atoms with E-state index >= 15 is 0 Å². The van der Waals surface area contributed by atoms with Gasteiger partial charge in [-0.3, -0.25) is 4.57 Å². The molecule has 47 heavy (non-hydrogen) atoms. The van der Waals surface area contributed by atoms with E-state index in [0.29, 0.717) is 11.8 Å². The van der Waals surface area contributed by atoms with Crippen molar-refractivity contribution in [1.29, 1.82) is 0 Å². The van der Waals surface area contributed by atoms with Crippen LogP contribution in [0, 0.1) is 11.8 Å². The SMILES string of the molecule is CC1C=CC=C(c2cccc(-n3c4ccccc4c4c5oc6c(c5ccc43)=CC3CC34C=6c3ccccc3N4c3ccccc3)n2)C1. The van der Waals surface area contributed by atoms with E-state index in [1.807, 2.05) is 0 Å². The first-order valence-electron chi connectivity index (χ1n) is 16.7. The number of benzene rings is 4. The Morgan fingerprint density at radius 1 is 0.809 bits per heavy atom. The van der Waals surface area contributed by atoms with Gasteiger partial charge in [0.15, 0.2) is 0 Å². The van der Waals surface area contributed by atoms with Crippen molar-refractivity contribution in [2.24, 2.45) is 11.8 Å². The average Bonchev–Trinajstić information content (AvgIpc) is 3.41. The summed E-state index contributed by atoms with van der Waals surface area (Å²) in [5, 5.41) is 4.76. The van der Waals surface area contributed by atoms with E-state index in [1.165, 1.54) is 44.1 Å². The number of furan rings is 1. The number of aromatic nitrogens is 2. The highest BCUT2D eigenvalue weighted by molar-refractivity contribution is 6.20. The standard InChI is InChI=1S/C43H31N3O/c1-26-11-9-12-27(23-26)34-17-10-20-38(44-34)45-35-18-7-5-15-31(35)39-37(45)22-21-30-33-24-28-25-43(28)40(42(33)47-41(30)39)32-16-6-8-19-36(32)46(43)29-13-3-2-4-14-29/h2-22,24,26,28H,23,25H2,1H3. The Morgan fingerprint density at radius 3 is 2.57 bits per heavy atom. The molecule has 0 N–H and O–H groups in total. The molecule has 1 saturated carbocycles. The van der Waals surface area contributed by atoms with Gasteiger partial charge in [-0.1, -0.05) is 91.9 Å². The minimum absolute atomic E-state index is 0.107. The van der Waals surface area contributed by atoms with Crippen LogP contribution in [0.25, 0.3) is 55.8 Å². The van der Waals surface area contributed by atoms with Crippen molar-refractivity contribution in [3.05, 3.63) is 149 Å². The molecule has 4 heterocycles. The van der Waals surface area contributed by atoms with Crippen molar-refractivity contribution < 1.29 is 4.42 Å². The molecule has 0 saturated heterocycles. The van der Waals surface area contributed by atoms with Gasteiger partial charge >= 0.3 is 0 Å². The zero-order chi connectivity index (χ0) is 30.9. The Hall–Kier alpha value is -5.61. The predicted molar refractivity (Wildman–Crippen MR) is 191 cm³/mol.